The Labute approximate surface area is 39.7 Å². The highest BCUT2D eigenvalue weighted by atomic mass is 31.1. The minimum atomic E-state index is 0.702. The van der Waals surface area contributed by atoms with E-state index in [4.69, 9.17) is 0 Å². The molecule has 2 aliphatic heterocycles. The standard InChI is InChI=1S/C5H9P/c1-2-5-4-6(5)3-1/h5H,1-4H2. The first-order chi connectivity index (χ1) is 2.97. The van der Waals surface area contributed by atoms with Crippen molar-refractivity contribution in [3.8, 4) is 0 Å². The molecule has 6 heavy (non-hydrogen) atoms. The molecule has 0 radical (unpaired) electrons. The molecule has 0 aliphatic carbocycles. The Hall–Kier alpha value is 0.430. The molecule has 2 saturated heterocycles. The van der Waals surface area contributed by atoms with Crippen molar-refractivity contribution in [2.75, 3.05) is 12.3 Å². The summed E-state index contributed by atoms with van der Waals surface area (Å²) in [7, 11) is 0.702. The van der Waals surface area contributed by atoms with Crippen LogP contribution in [0.4, 0.5) is 0 Å². The minimum absolute atomic E-state index is 0.702. The van der Waals surface area contributed by atoms with Crippen LogP contribution in [0.3, 0.4) is 0 Å². The Kier molecular flexibility index (Phi) is 0.561. The summed E-state index contributed by atoms with van der Waals surface area (Å²) < 4.78 is 0. The quantitative estimate of drug-likeness (QED) is 0.406. The molecular formula is C5H9P. The van der Waals surface area contributed by atoms with E-state index in [0.29, 0.717) is 7.92 Å². The van der Waals surface area contributed by atoms with Crippen molar-refractivity contribution in [3.63, 3.8) is 0 Å². The minimum Gasteiger partial charge on any atom is -0.103 e. The fourth-order valence-electron chi connectivity index (χ4n) is 1.30. The highest BCUT2D eigenvalue weighted by molar-refractivity contribution is 7.66. The van der Waals surface area contributed by atoms with Crippen LogP contribution in [0.15, 0.2) is 0 Å². The van der Waals surface area contributed by atoms with Gasteiger partial charge in [0.05, 0.1) is 0 Å². The number of rotatable bonds is 0. The van der Waals surface area contributed by atoms with E-state index in [1.165, 1.54) is 5.66 Å². The molecule has 2 fully saturated rings. The van der Waals surface area contributed by atoms with Crippen LogP contribution in [-0.2, 0) is 0 Å². The summed E-state index contributed by atoms with van der Waals surface area (Å²) in [6, 6.07) is 0. The first-order valence-corrected chi connectivity index (χ1v) is 4.49. The third-order valence-electron chi connectivity index (χ3n) is 1.81. The predicted octanol–water partition coefficient (Wildman–Crippen LogP) is 1.64. The van der Waals surface area contributed by atoms with Crippen LogP contribution >= 0.6 is 7.92 Å². The molecule has 0 aromatic rings. The Bertz CT molecular complexity index is 62.3. The monoisotopic (exact) mass is 100 g/mol. The van der Waals surface area contributed by atoms with Crippen LogP contribution in [0.5, 0.6) is 0 Å². The molecule has 0 bridgehead atoms. The Morgan fingerprint density at radius 2 is 2.50 bits per heavy atom. The van der Waals surface area contributed by atoms with Crippen LogP contribution in [0.1, 0.15) is 12.8 Å². The lowest BCUT2D eigenvalue weighted by Crippen LogP contribution is -1.76. The van der Waals surface area contributed by atoms with E-state index in [1.54, 1.807) is 25.2 Å². The van der Waals surface area contributed by atoms with Gasteiger partial charge in [0.25, 0.3) is 0 Å². The fraction of sp³-hybridized carbons (Fsp3) is 1.00. The highest BCUT2D eigenvalue weighted by Crippen LogP contribution is 2.65. The van der Waals surface area contributed by atoms with Crippen molar-refractivity contribution < 1.29 is 0 Å². The van der Waals surface area contributed by atoms with Crippen molar-refractivity contribution in [2.24, 2.45) is 0 Å². The average molecular weight is 100 g/mol. The number of fused-ring (bicyclic) bond motifs is 1. The second-order valence-corrected chi connectivity index (χ2v) is 5.01. The normalized spacial score (nSPS) is 52.0. The maximum atomic E-state index is 1.65. The Morgan fingerprint density at radius 3 is 2.67 bits per heavy atom. The van der Waals surface area contributed by atoms with E-state index in [0.717, 1.165) is 0 Å². The summed E-state index contributed by atoms with van der Waals surface area (Å²) in [5.74, 6) is 0. The predicted molar refractivity (Wildman–Crippen MR) is 29.7 cm³/mol. The Morgan fingerprint density at radius 1 is 1.50 bits per heavy atom. The van der Waals surface area contributed by atoms with Crippen LogP contribution < -0.4 is 0 Å². The van der Waals surface area contributed by atoms with Gasteiger partial charge < -0.3 is 0 Å². The molecule has 0 aromatic heterocycles. The van der Waals surface area contributed by atoms with Crippen LogP contribution in [0.2, 0.25) is 0 Å². The van der Waals surface area contributed by atoms with Crippen molar-refractivity contribution in [3.05, 3.63) is 0 Å². The lowest BCUT2D eigenvalue weighted by molar-refractivity contribution is 0.860. The number of hydrogen-bond acceptors (Lipinski definition) is 0. The van der Waals surface area contributed by atoms with Crippen LogP contribution in [0, 0.1) is 0 Å². The smallest absolute Gasteiger partial charge is 0.0169 e. The second-order valence-electron chi connectivity index (χ2n) is 2.29. The zero-order valence-electron chi connectivity index (χ0n) is 3.85. The van der Waals surface area contributed by atoms with Gasteiger partial charge in [0.1, 0.15) is 0 Å². The summed E-state index contributed by atoms with van der Waals surface area (Å²) >= 11 is 0. The van der Waals surface area contributed by atoms with Crippen LogP contribution in [-0.4, -0.2) is 18.0 Å². The summed E-state index contributed by atoms with van der Waals surface area (Å²) in [4.78, 5) is 0. The fourth-order valence-corrected chi connectivity index (χ4v) is 3.96. The topological polar surface area (TPSA) is 0 Å². The molecule has 0 amide bonds. The molecule has 0 spiro atoms. The van der Waals surface area contributed by atoms with E-state index in [-0.39, 0.29) is 0 Å². The van der Waals surface area contributed by atoms with Gasteiger partial charge in [-0.15, -0.1) is 7.92 Å². The molecule has 34 valence electrons. The largest absolute Gasteiger partial charge is 0.103 e. The van der Waals surface area contributed by atoms with E-state index >= 15 is 0 Å². The van der Waals surface area contributed by atoms with Crippen molar-refractivity contribution >= 4 is 7.92 Å². The van der Waals surface area contributed by atoms with E-state index < -0.39 is 0 Å². The molecule has 0 aromatic carbocycles. The van der Waals surface area contributed by atoms with Gasteiger partial charge >= 0.3 is 0 Å². The van der Waals surface area contributed by atoms with E-state index in [9.17, 15) is 0 Å². The van der Waals surface area contributed by atoms with Gasteiger partial charge in [-0.1, -0.05) is 0 Å². The highest BCUT2D eigenvalue weighted by Gasteiger charge is 2.39. The molecule has 0 N–H and O–H groups in total. The molecule has 2 heterocycles. The molecular weight excluding hydrogens is 91.0 g/mol. The lowest BCUT2D eigenvalue weighted by Gasteiger charge is -1.80. The summed E-state index contributed by atoms with van der Waals surface area (Å²) in [5, 5.41) is 0. The molecule has 2 rings (SSSR count). The summed E-state index contributed by atoms with van der Waals surface area (Å²) in [6.45, 7) is 0. The molecule has 2 aliphatic rings. The maximum Gasteiger partial charge on any atom is -0.0169 e. The zero-order chi connectivity index (χ0) is 3.98. The Balaban J connectivity index is 2.09. The first kappa shape index (κ1) is 3.43. The van der Waals surface area contributed by atoms with Gasteiger partial charge in [0, 0.05) is 0 Å². The van der Waals surface area contributed by atoms with E-state index in [2.05, 4.69) is 0 Å². The van der Waals surface area contributed by atoms with Gasteiger partial charge in [-0.3, -0.25) is 0 Å². The van der Waals surface area contributed by atoms with Gasteiger partial charge in [-0.05, 0) is 30.8 Å². The number of hydrogen-bond donors (Lipinski definition) is 0. The van der Waals surface area contributed by atoms with Crippen molar-refractivity contribution in [1.29, 1.82) is 0 Å². The van der Waals surface area contributed by atoms with Gasteiger partial charge in [0.15, 0.2) is 0 Å². The second kappa shape index (κ2) is 0.980. The molecule has 2 unspecified atom stereocenters. The molecule has 1 heteroatoms. The SMILES string of the molecule is C1CC2CP2C1. The summed E-state index contributed by atoms with van der Waals surface area (Å²) in [5.41, 5.74) is 1.28. The van der Waals surface area contributed by atoms with Crippen molar-refractivity contribution in [1.82, 2.24) is 0 Å². The average Bonchev–Trinajstić information content (AvgIpc) is 2.17. The summed E-state index contributed by atoms with van der Waals surface area (Å²) in [6.07, 6.45) is 6.43. The molecule has 0 nitrogen and oxygen atoms in total. The van der Waals surface area contributed by atoms with E-state index in [1.807, 2.05) is 0 Å². The van der Waals surface area contributed by atoms with Gasteiger partial charge in [-0.25, -0.2) is 0 Å². The van der Waals surface area contributed by atoms with Crippen molar-refractivity contribution in [2.45, 2.75) is 18.5 Å². The van der Waals surface area contributed by atoms with Crippen LogP contribution in [0.25, 0.3) is 0 Å². The molecule has 0 saturated carbocycles. The maximum absolute atomic E-state index is 1.65. The van der Waals surface area contributed by atoms with Gasteiger partial charge in [0.2, 0.25) is 0 Å². The lowest BCUT2D eigenvalue weighted by atomic mass is 10.3. The first-order valence-electron chi connectivity index (χ1n) is 2.71. The third-order valence-corrected chi connectivity index (χ3v) is 4.62. The van der Waals surface area contributed by atoms with Gasteiger partial charge in [-0.2, -0.15) is 0 Å². The zero-order valence-corrected chi connectivity index (χ0v) is 4.75. The third kappa shape index (κ3) is 0.337. The molecule has 2 atom stereocenters.